The van der Waals surface area contributed by atoms with Gasteiger partial charge in [-0.1, -0.05) is 0 Å². The molecule has 6 heteroatoms. The van der Waals surface area contributed by atoms with Crippen LogP contribution in [-0.2, 0) is 4.79 Å². The van der Waals surface area contributed by atoms with Crippen LogP contribution in [-0.4, -0.2) is 42.0 Å². The first-order valence-electron chi connectivity index (χ1n) is 3.99. The molecule has 1 rings (SSSR count). The molecule has 1 heterocycles. The van der Waals surface area contributed by atoms with Crippen LogP contribution in [0.15, 0.2) is 0 Å². The number of carbonyl (C=O) groups excluding carboxylic acids is 2. The molecule has 1 saturated heterocycles. The van der Waals surface area contributed by atoms with Gasteiger partial charge in [-0.05, 0) is 6.92 Å². The van der Waals surface area contributed by atoms with Crippen molar-refractivity contribution in [3.63, 3.8) is 0 Å². The molecular weight excluding hydrogens is 172 g/mol. The summed E-state index contributed by atoms with van der Waals surface area (Å²) in [6.07, 6.45) is 0. The SMILES string of the molecule is CC1(N)CN(CC(=O)NC(N)=O)C1. The zero-order valence-corrected chi connectivity index (χ0v) is 7.54. The average Bonchev–Trinajstić information content (AvgIpc) is 1.79. The van der Waals surface area contributed by atoms with E-state index in [0.717, 1.165) is 0 Å². The Morgan fingerprint density at radius 2 is 2.08 bits per heavy atom. The number of hydrogen-bond donors (Lipinski definition) is 3. The van der Waals surface area contributed by atoms with E-state index in [4.69, 9.17) is 11.5 Å². The molecule has 0 saturated carbocycles. The van der Waals surface area contributed by atoms with Crippen molar-refractivity contribution in [1.29, 1.82) is 0 Å². The van der Waals surface area contributed by atoms with Crippen LogP contribution in [0.25, 0.3) is 0 Å². The molecule has 6 nitrogen and oxygen atoms in total. The number of nitrogens with two attached hydrogens (primary N) is 2. The number of carbonyl (C=O) groups is 2. The highest BCUT2D eigenvalue weighted by atomic mass is 16.2. The van der Waals surface area contributed by atoms with E-state index < -0.39 is 6.03 Å². The minimum Gasteiger partial charge on any atom is -0.351 e. The van der Waals surface area contributed by atoms with Gasteiger partial charge in [0.2, 0.25) is 5.91 Å². The van der Waals surface area contributed by atoms with Crippen LogP contribution < -0.4 is 16.8 Å². The van der Waals surface area contributed by atoms with Gasteiger partial charge < -0.3 is 11.5 Å². The predicted octanol–water partition coefficient (Wildman–Crippen LogP) is -1.79. The Hall–Kier alpha value is -1.14. The van der Waals surface area contributed by atoms with Gasteiger partial charge in [-0.15, -0.1) is 0 Å². The summed E-state index contributed by atoms with van der Waals surface area (Å²) in [6, 6.07) is -0.818. The maximum Gasteiger partial charge on any atom is 0.318 e. The van der Waals surface area contributed by atoms with E-state index >= 15 is 0 Å². The van der Waals surface area contributed by atoms with Gasteiger partial charge in [-0.25, -0.2) is 4.79 Å². The molecule has 3 amide bonds. The molecule has 1 aliphatic rings. The largest absolute Gasteiger partial charge is 0.351 e. The number of rotatable bonds is 2. The smallest absolute Gasteiger partial charge is 0.318 e. The van der Waals surface area contributed by atoms with Gasteiger partial charge >= 0.3 is 6.03 Å². The lowest BCUT2D eigenvalue weighted by Gasteiger charge is -2.44. The number of urea groups is 1. The van der Waals surface area contributed by atoms with Crippen molar-refractivity contribution in [2.45, 2.75) is 12.5 Å². The summed E-state index contributed by atoms with van der Waals surface area (Å²) < 4.78 is 0. The van der Waals surface area contributed by atoms with E-state index in [0.29, 0.717) is 13.1 Å². The Balaban J connectivity index is 2.20. The van der Waals surface area contributed by atoms with Crippen molar-refractivity contribution in [3.8, 4) is 0 Å². The van der Waals surface area contributed by atoms with Crippen molar-refractivity contribution in [3.05, 3.63) is 0 Å². The number of hydrogen-bond acceptors (Lipinski definition) is 4. The van der Waals surface area contributed by atoms with Gasteiger partial charge in [0.15, 0.2) is 0 Å². The van der Waals surface area contributed by atoms with Crippen LogP contribution in [0, 0.1) is 0 Å². The lowest BCUT2D eigenvalue weighted by molar-refractivity contribution is -0.122. The third-order valence-electron chi connectivity index (χ3n) is 1.80. The summed E-state index contributed by atoms with van der Waals surface area (Å²) in [5.41, 5.74) is 10.3. The molecule has 0 unspecified atom stereocenters. The molecule has 0 radical (unpaired) electrons. The summed E-state index contributed by atoms with van der Waals surface area (Å²) in [5, 5.41) is 1.99. The molecule has 1 aliphatic heterocycles. The van der Waals surface area contributed by atoms with Gasteiger partial charge in [0.1, 0.15) is 0 Å². The molecule has 0 aromatic carbocycles. The molecule has 5 N–H and O–H groups in total. The highest BCUT2D eigenvalue weighted by molar-refractivity contribution is 5.94. The van der Waals surface area contributed by atoms with Gasteiger partial charge in [0.25, 0.3) is 0 Å². The number of nitrogens with zero attached hydrogens (tertiary/aromatic N) is 1. The van der Waals surface area contributed by atoms with Crippen molar-refractivity contribution < 1.29 is 9.59 Å². The van der Waals surface area contributed by atoms with Crippen molar-refractivity contribution >= 4 is 11.9 Å². The fourth-order valence-electron chi connectivity index (χ4n) is 1.47. The minimum atomic E-state index is -0.818. The molecule has 0 atom stereocenters. The van der Waals surface area contributed by atoms with E-state index in [1.165, 1.54) is 0 Å². The summed E-state index contributed by atoms with van der Waals surface area (Å²) in [4.78, 5) is 23.1. The fraction of sp³-hybridized carbons (Fsp3) is 0.714. The molecule has 74 valence electrons. The van der Waals surface area contributed by atoms with E-state index in [1.807, 2.05) is 17.1 Å². The number of likely N-dealkylation sites (tertiary alicyclic amines) is 1. The molecule has 13 heavy (non-hydrogen) atoms. The van der Waals surface area contributed by atoms with Crippen LogP contribution in [0.3, 0.4) is 0 Å². The van der Waals surface area contributed by atoms with Crippen LogP contribution in [0.1, 0.15) is 6.92 Å². The van der Waals surface area contributed by atoms with Gasteiger partial charge in [0, 0.05) is 18.6 Å². The quantitative estimate of drug-likeness (QED) is 0.474. The van der Waals surface area contributed by atoms with Crippen molar-refractivity contribution in [2.24, 2.45) is 11.5 Å². The highest BCUT2D eigenvalue weighted by Gasteiger charge is 2.35. The summed E-state index contributed by atoms with van der Waals surface area (Å²) in [6.45, 7) is 3.42. The minimum absolute atomic E-state index is 0.176. The monoisotopic (exact) mass is 186 g/mol. The van der Waals surface area contributed by atoms with Crippen molar-refractivity contribution in [1.82, 2.24) is 10.2 Å². The van der Waals surface area contributed by atoms with Crippen LogP contribution in [0.4, 0.5) is 4.79 Å². The van der Waals surface area contributed by atoms with Crippen LogP contribution in [0.2, 0.25) is 0 Å². The predicted molar refractivity (Wildman–Crippen MR) is 46.8 cm³/mol. The molecular formula is C7H14N4O2. The third kappa shape index (κ3) is 3.00. The fourth-order valence-corrected chi connectivity index (χ4v) is 1.47. The second kappa shape index (κ2) is 3.31. The Morgan fingerprint density at radius 1 is 1.54 bits per heavy atom. The van der Waals surface area contributed by atoms with Crippen LogP contribution in [0.5, 0.6) is 0 Å². The number of amides is 3. The average molecular weight is 186 g/mol. The third-order valence-corrected chi connectivity index (χ3v) is 1.80. The zero-order chi connectivity index (χ0) is 10.1. The lowest BCUT2D eigenvalue weighted by atomic mass is 9.94. The topological polar surface area (TPSA) is 101 Å². The van der Waals surface area contributed by atoms with E-state index in [-0.39, 0.29) is 18.0 Å². The van der Waals surface area contributed by atoms with E-state index in [9.17, 15) is 9.59 Å². The Kier molecular flexibility index (Phi) is 2.53. The summed E-state index contributed by atoms with van der Waals surface area (Å²) in [5.74, 6) is -0.386. The molecule has 0 spiro atoms. The number of primary amides is 1. The number of imide groups is 1. The first-order chi connectivity index (χ1) is 5.89. The molecule has 0 aromatic rings. The second-order valence-corrected chi connectivity index (χ2v) is 3.71. The van der Waals surface area contributed by atoms with Gasteiger partial charge in [-0.3, -0.25) is 15.0 Å². The van der Waals surface area contributed by atoms with Gasteiger partial charge in [-0.2, -0.15) is 0 Å². The standard InChI is InChI=1S/C7H14N4O2/c1-7(9)3-11(4-7)2-5(12)10-6(8)13/h2-4,9H2,1H3,(H3,8,10,12,13). The molecule has 0 aliphatic carbocycles. The highest BCUT2D eigenvalue weighted by Crippen LogP contribution is 2.15. The zero-order valence-electron chi connectivity index (χ0n) is 7.54. The first kappa shape index (κ1) is 9.94. The lowest BCUT2D eigenvalue weighted by Crippen LogP contribution is -2.66. The molecule has 1 fully saturated rings. The maximum atomic E-state index is 11.0. The Labute approximate surface area is 76.2 Å². The number of nitrogens with one attached hydrogen (secondary N) is 1. The van der Waals surface area contributed by atoms with Crippen molar-refractivity contribution in [2.75, 3.05) is 19.6 Å². The summed E-state index contributed by atoms with van der Waals surface area (Å²) >= 11 is 0. The van der Waals surface area contributed by atoms with E-state index in [2.05, 4.69) is 0 Å². The molecule has 0 aromatic heterocycles. The Bertz CT molecular complexity index is 231. The van der Waals surface area contributed by atoms with Gasteiger partial charge in [0.05, 0.1) is 6.54 Å². The van der Waals surface area contributed by atoms with E-state index in [1.54, 1.807) is 0 Å². The first-order valence-corrected chi connectivity index (χ1v) is 3.99. The maximum absolute atomic E-state index is 11.0. The normalized spacial score (nSPS) is 20.5. The second-order valence-electron chi connectivity index (χ2n) is 3.71. The summed E-state index contributed by atoms with van der Waals surface area (Å²) in [7, 11) is 0. The Morgan fingerprint density at radius 3 is 2.46 bits per heavy atom. The van der Waals surface area contributed by atoms with Crippen LogP contribution >= 0.6 is 0 Å². The molecule has 0 bridgehead atoms.